The van der Waals surface area contributed by atoms with Crippen LogP contribution in [0, 0.1) is 0 Å². The van der Waals surface area contributed by atoms with Gasteiger partial charge in [0.05, 0.1) is 25.3 Å². The van der Waals surface area contributed by atoms with Crippen molar-refractivity contribution < 1.29 is 19.1 Å². The summed E-state index contributed by atoms with van der Waals surface area (Å²) in [6.07, 6.45) is 0.265. The molecule has 0 aliphatic carbocycles. The van der Waals surface area contributed by atoms with Gasteiger partial charge in [-0.1, -0.05) is 12.1 Å². The van der Waals surface area contributed by atoms with Crippen LogP contribution in [0.5, 0.6) is 0 Å². The van der Waals surface area contributed by atoms with Gasteiger partial charge in [-0.3, -0.25) is 0 Å². The molecule has 1 atom stereocenters. The van der Waals surface area contributed by atoms with E-state index in [1.54, 1.807) is 18.2 Å². The van der Waals surface area contributed by atoms with Crippen LogP contribution in [0.4, 0.5) is 4.79 Å². The smallest absolute Gasteiger partial charge is 0.407 e. The maximum Gasteiger partial charge on any atom is 0.407 e. The lowest BCUT2D eigenvalue weighted by atomic mass is 10.0. The first kappa shape index (κ1) is 14.3. The molecule has 0 saturated carbocycles. The lowest BCUT2D eigenvalue weighted by Crippen LogP contribution is -2.35. The van der Waals surface area contributed by atoms with E-state index in [2.05, 4.69) is 10.1 Å². The van der Waals surface area contributed by atoms with Crippen LogP contribution in [-0.2, 0) is 9.47 Å². The molecule has 0 spiro atoms. The van der Waals surface area contributed by atoms with E-state index >= 15 is 0 Å². The van der Waals surface area contributed by atoms with Crippen molar-refractivity contribution in [3.05, 3.63) is 35.4 Å². The van der Waals surface area contributed by atoms with Crippen molar-refractivity contribution in [3.63, 3.8) is 0 Å². The van der Waals surface area contributed by atoms with Gasteiger partial charge in [0.15, 0.2) is 0 Å². The highest BCUT2D eigenvalue weighted by Crippen LogP contribution is 2.21. The average Bonchev–Trinajstić information content (AvgIpc) is 2.38. The van der Waals surface area contributed by atoms with E-state index in [4.69, 9.17) is 4.74 Å². The van der Waals surface area contributed by atoms with Gasteiger partial charge in [0.25, 0.3) is 0 Å². The Morgan fingerprint density at radius 2 is 2.28 bits per heavy atom. The van der Waals surface area contributed by atoms with Crippen LogP contribution in [-0.4, -0.2) is 25.8 Å². The fraction of sp³-hybridized carbons (Fsp3) is 0.333. The zero-order valence-electron chi connectivity index (χ0n) is 9.84. The summed E-state index contributed by atoms with van der Waals surface area (Å²) in [5, 5.41) is 2.70. The quantitative estimate of drug-likeness (QED) is 0.837. The summed E-state index contributed by atoms with van der Waals surface area (Å²) in [4.78, 5) is 22.5. The zero-order chi connectivity index (χ0) is 12.3. The van der Waals surface area contributed by atoms with Crippen LogP contribution in [0.25, 0.3) is 0 Å². The molecule has 1 saturated heterocycles. The van der Waals surface area contributed by atoms with E-state index < -0.39 is 6.09 Å². The summed E-state index contributed by atoms with van der Waals surface area (Å²) in [5.74, 6) is -0.384. The van der Waals surface area contributed by atoms with Gasteiger partial charge in [-0.05, 0) is 17.7 Å². The third-order valence-corrected chi connectivity index (χ3v) is 2.64. The first-order valence-corrected chi connectivity index (χ1v) is 5.32. The second kappa shape index (κ2) is 6.26. The highest BCUT2D eigenvalue weighted by molar-refractivity contribution is 5.89. The Kier molecular flexibility index (Phi) is 4.97. The number of alkyl carbamates (subject to hydrolysis) is 1. The standard InChI is InChI=1S/C12H13NO4.ClH/c1-16-11(14)9-4-2-3-8(7-9)10-5-6-17-12(15)13-10;/h2-4,7,10H,5-6H2,1H3,(H,13,15);1H/t10-;/m1./s1. The Hall–Kier alpha value is -1.75. The number of esters is 1. The lowest BCUT2D eigenvalue weighted by Gasteiger charge is -2.23. The molecule has 0 bridgehead atoms. The number of carbonyl (C=O) groups excluding carboxylic acids is 2. The summed E-state index contributed by atoms with van der Waals surface area (Å²) in [6, 6.07) is 6.92. The first-order valence-electron chi connectivity index (χ1n) is 5.32. The van der Waals surface area contributed by atoms with Crippen LogP contribution in [0.3, 0.4) is 0 Å². The van der Waals surface area contributed by atoms with Crippen molar-refractivity contribution in [1.29, 1.82) is 0 Å². The third-order valence-electron chi connectivity index (χ3n) is 2.64. The minimum absolute atomic E-state index is 0. The summed E-state index contributed by atoms with van der Waals surface area (Å²) >= 11 is 0. The SMILES string of the molecule is COC(=O)c1cccc([C@H]2CCOC(=O)N2)c1.Cl. The largest absolute Gasteiger partial charge is 0.465 e. The number of cyclic esters (lactones) is 1. The second-order valence-electron chi connectivity index (χ2n) is 3.74. The lowest BCUT2D eigenvalue weighted by molar-refractivity contribution is 0.0600. The van der Waals surface area contributed by atoms with E-state index in [1.165, 1.54) is 7.11 Å². The normalized spacial score (nSPS) is 18.1. The Balaban J connectivity index is 0.00000162. The van der Waals surface area contributed by atoms with Crippen LogP contribution >= 0.6 is 12.4 Å². The summed E-state index contributed by atoms with van der Waals surface area (Å²) in [7, 11) is 1.34. The van der Waals surface area contributed by atoms with Crippen molar-refractivity contribution in [1.82, 2.24) is 5.32 Å². The van der Waals surface area contributed by atoms with E-state index in [9.17, 15) is 9.59 Å². The fourth-order valence-electron chi connectivity index (χ4n) is 1.78. The van der Waals surface area contributed by atoms with Crippen LogP contribution in [0.15, 0.2) is 24.3 Å². The van der Waals surface area contributed by atoms with Gasteiger partial charge in [0.1, 0.15) is 0 Å². The van der Waals surface area contributed by atoms with Crippen LogP contribution in [0.2, 0.25) is 0 Å². The Bertz CT molecular complexity index is 449. The minimum atomic E-state index is -0.426. The van der Waals surface area contributed by atoms with Gasteiger partial charge in [-0.2, -0.15) is 0 Å². The van der Waals surface area contributed by atoms with E-state index in [1.807, 2.05) is 6.07 Å². The first-order chi connectivity index (χ1) is 8.20. The Labute approximate surface area is 111 Å². The number of halogens is 1. The second-order valence-corrected chi connectivity index (χ2v) is 3.74. The van der Waals surface area contributed by atoms with Crippen molar-refractivity contribution in [2.24, 2.45) is 0 Å². The topological polar surface area (TPSA) is 64.6 Å². The summed E-state index contributed by atoms with van der Waals surface area (Å²) in [5.41, 5.74) is 1.36. The maximum absolute atomic E-state index is 11.4. The molecular formula is C12H14ClNO4. The van der Waals surface area contributed by atoms with Gasteiger partial charge in [0, 0.05) is 6.42 Å². The number of ether oxygens (including phenoxy) is 2. The molecule has 1 heterocycles. The number of benzene rings is 1. The zero-order valence-corrected chi connectivity index (χ0v) is 10.7. The van der Waals surface area contributed by atoms with E-state index in [0.29, 0.717) is 18.6 Å². The number of hydrogen-bond donors (Lipinski definition) is 1. The molecular weight excluding hydrogens is 258 g/mol. The molecule has 0 aromatic heterocycles. The Morgan fingerprint density at radius 1 is 1.50 bits per heavy atom. The number of rotatable bonds is 2. The number of methoxy groups -OCH3 is 1. The molecule has 18 heavy (non-hydrogen) atoms. The monoisotopic (exact) mass is 271 g/mol. The van der Waals surface area contributed by atoms with Crippen LogP contribution in [0.1, 0.15) is 28.4 Å². The van der Waals surface area contributed by atoms with E-state index in [0.717, 1.165) is 5.56 Å². The molecule has 0 unspecified atom stereocenters. The van der Waals surface area contributed by atoms with Gasteiger partial charge in [0.2, 0.25) is 0 Å². The number of amides is 1. The average molecular weight is 272 g/mol. The molecule has 0 radical (unpaired) electrons. The van der Waals surface area contributed by atoms with Gasteiger partial charge < -0.3 is 14.8 Å². The Morgan fingerprint density at radius 3 is 2.94 bits per heavy atom. The van der Waals surface area contributed by atoms with Gasteiger partial charge >= 0.3 is 12.1 Å². The summed E-state index contributed by atoms with van der Waals surface area (Å²) in [6.45, 7) is 0.388. The molecule has 1 aromatic carbocycles. The molecule has 98 valence electrons. The van der Waals surface area contributed by atoms with Gasteiger partial charge in [-0.25, -0.2) is 9.59 Å². The number of hydrogen-bond acceptors (Lipinski definition) is 4. The summed E-state index contributed by atoms with van der Waals surface area (Å²) < 4.78 is 9.44. The van der Waals surface area contributed by atoms with Gasteiger partial charge in [-0.15, -0.1) is 12.4 Å². The number of carbonyl (C=O) groups is 2. The van der Waals surface area contributed by atoms with Crippen molar-refractivity contribution in [2.75, 3.05) is 13.7 Å². The maximum atomic E-state index is 11.4. The molecule has 1 aliphatic heterocycles. The van der Waals surface area contributed by atoms with Crippen LogP contribution < -0.4 is 5.32 Å². The molecule has 6 heteroatoms. The van der Waals surface area contributed by atoms with Crippen molar-refractivity contribution in [2.45, 2.75) is 12.5 Å². The predicted molar refractivity (Wildman–Crippen MR) is 66.9 cm³/mol. The van der Waals surface area contributed by atoms with Crippen molar-refractivity contribution in [3.8, 4) is 0 Å². The minimum Gasteiger partial charge on any atom is -0.465 e. The highest BCUT2D eigenvalue weighted by atomic mass is 35.5. The highest BCUT2D eigenvalue weighted by Gasteiger charge is 2.21. The predicted octanol–water partition coefficient (Wildman–Crippen LogP) is 2.07. The molecule has 2 rings (SSSR count). The van der Waals surface area contributed by atoms with Crippen molar-refractivity contribution >= 4 is 24.5 Å². The molecule has 1 fully saturated rings. The number of nitrogens with one attached hydrogen (secondary N) is 1. The fourth-order valence-corrected chi connectivity index (χ4v) is 1.78. The molecule has 1 aliphatic rings. The van der Waals surface area contributed by atoms with E-state index in [-0.39, 0.29) is 24.4 Å². The molecule has 1 amide bonds. The molecule has 5 nitrogen and oxygen atoms in total. The molecule has 1 aromatic rings. The molecule has 1 N–H and O–H groups in total. The third kappa shape index (κ3) is 3.13.